The molecular formula is C19H13ClN4O7. The molecule has 11 nitrogen and oxygen atoms in total. The third kappa shape index (κ3) is 5.42. The maximum Gasteiger partial charge on any atom is 0.312 e. The van der Waals surface area contributed by atoms with E-state index in [1.165, 1.54) is 36.5 Å². The molecular weight excluding hydrogens is 432 g/mol. The quantitative estimate of drug-likeness (QED) is 0.314. The van der Waals surface area contributed by atoms with Crippen molar-refractivity contribution in [2.75, 3.05) is 6.61 Å². The highest BCUT2D eigenvalue weighted by atomic mass is 35.5. The van der Waals surface area contributed by atoms with Crippen molar-refractivity contribution >= 4 is 35.1 Å². The highest BCUT2D eigenvalue weighted by molar-refractivity contribution is 6.30. The van der Waals surface area contributed by atoms with Gasteiger partial charge in [0.2, 0.25) is 0 Å². The van der Waals surface area contributed by atoms with E-state index >= 15 is 0 Å². The van der Waals surface area contributed by atoms with Crippen LogP contribution in [-0.2, 0) is 4.79 Å². The van der Waals surface area contributed by atoms with E-state index in [9.17, 15) is 25.0 Å². The number of halogens is 1. The molecule has 0 unspecified atom stereocenters. The molecule has 0 fully saturated rings. The van der Waals surface area contributed by atoms with Gasteiger partial charge < -0.3 is 9.15 Å². The second-order valence-electron chi connectivity index (χ2n) is 5.93. The fourth-order valence-electron chi connectivity index (χ4n) is 2.51. The summed E-state index contributed by atoms with van der Waals surface area (Å²) in [4.78, 5) is 32.8. The Morgan fingerprint density at radius 1 is 1.10 bits per heavy atom. The summed E-state index contributed by atoms with van der Waals surface area (Å²) in [7, 11) is 0. The second-order valence-corrected chi connectivity index (χ2v) is 6.36. The molecule has 0 atom stereocenters. The Bertz CT molecular complexity index is 1180. The van der Waals surface area contributed by atoms with Crippen LogP contribution in [0.2, 0.25) is 5.02 Å². The van der Waals surface area contributed by atoms with Crippen molar-refractivity contribution in [1.82, 2.24) is 5.43 Å². The first-order valence-corrected chi connectivity index (χ1v) is 8.95. The van der Waals surface area contributed by atoms with Gasteiger partial charge in [0, 0.05) is 17.2 Å². The first-order chi connectivity index (χ1) is 14.8. The fraction of sp³-hybridized carbons (Fsp3) is 0.0526. The fourth-order valence-corrected chi connectivity index (χ4v) is 2.67. The van der Waals surface area contributed by atoms with Crippen LogP contribution >= 0.6 is 11.6 Å². The molecule has 0 saturated carbocycles. The van der Waals surface area contributed by atoms with Gasteiger partial charge >= 0.3 is 5.69 Å². The van der Waals surface area contributed by atoms with Crippen LogP contribution in [-0.4, -0.2) is 28.6 Å². The van der Waals surface area contributed by atoms with E-state index in [-0.39, 0.29) is 33.7 Å². The average Bonchev–Trinajstić information content (AvgIpc) is 3.21. The average molecular weight is 445 g/mol. The number of hydrazone groups is 1. The van der Waals surface area contributed by atoms with Crippen molar-refractivity contribution in [3.63, 3.8) is 0 Å². The lowest BCUT2D eigenvalue weighted by atomic mass is 10.1. The van der Waals surface area contributed by atoms with Crippen LogP contribution in [0.4, 0.5) is 11.4 Å². The number of hydrogen-bond acceptors (Lipinski definition) is 8. The molecule has 1 heterocycles. The Morgan fingerprint density at radius 3 is 2.58 bits per heavy atom. The van der Waals surface area contributed by atoms with Crippen molar-refractivity contribution in [2.45, 2.75) is 0 Å². The highest BCUT2D eigenvalue weighted by Gasteiger charge is 2.18. The van der Waals surface area contributed by atoms with E-state index in [4.69, 9.17) is 20.8 Å². The molecule has 3 rings (SSSR count). The Morgan fingerprint density at radius 2 is 1.84 bits per heavy atom. The van der Waals surface area contributed by atoms with Crippen molar-refractivity contribution in [3.05, 3.63) is 85.6 Å². The van der Waals surface area contributed by atoms with Gasteiger partial charge in [-0.15, -0.1) is 0 Å². The number of ether oxygens (including phenoxy) is 1. The van der Waals surface area contributed by atoms with Crippen molar-refractivity contribution in [3.8, 4) is 17.1 Å². The second kappa shape index (κ2) is 9.50. The number of furan rings is 1. The summed E-state index contributed by atoms with van der Waals surface area (Å²) < 4.78 is 10.6. The van der Waals surface area contributed by atoms with Crippen molar-refractivity contribution in [2.24, 2.45) is 5.10 Å². The number of carbonyl (C=O) groups is 1. The molecule has 0 aliphatic carbocycles. The van der Waals surface area contributed by atoms with E-state index < -0.39 is 22.4 Å². The summed E-state index contributed by atoms with van der Waals surface area (Å²) in [5, 5.41) is 26.0. The molecule has 12 heteroatoms. The summed E-state index contributed by atoms with van der Waals surface area (Å²) >= 11 is 5.71. The van der Waals surface area contributed by atoms with Gasteiger partial charge in [0.1, 0.15) is 11.5 Å². The number of nitrogens with one attached hydrogen (secondary N) is 1. The monoisotopic (exact) mass is 444 g/mol. The molecule has 2 aromatic carbocycles. The highest BCUT2D eigenvalue weighted by Crippen LogP contribution is 2.31. The standard InChI is InChI=1S/C19H13ClN4O7/c20-12-5-7-18(16(9-12)24(28)29)30-11-19(25)22-21-10-13-6-8-17(31-13)14-3-1-2-4-15(14)23(26)27/h1-10H,11H2,(H,22,25). The van der Waals surface area contributed by atoms with Gasteiger partial charge in [-0.1, -0.05) is 23.7 Å². The topological polar surface area (TPSA) is 150 Å². The number of nitro benzene ring substituents is 2. The number of carbonyl (C=O) groups excluding carboxylic acids is 1. The molecule has 0 aliphatic heterocycles. The van der Waals surface area contributed by atoms with Gasteiger partial charge in [-0.3, -0.25) is 25.0 Å². The summed E-state index contributed by atoms with van der Waals surface area (Å²) in [6.07, 6.45) is 1.20. The van der Waals surface area contributed by atoms with E-state index in [2.05, 4.69) is 10.5 Å². The van der Waals surface area contributed by atoms with Crippen LogP contribution in [0.15, 0.2) is 64.1 Å². The molecule has 1 N–H and O–H groups in total. The molecule has 1 amide bonds. The molecule has 0 saturated heterocycles. The minimum Gasteiger partial charge on any atom is -0.477 e. The SMILES string of the molecule is O=C(COc1ccc(Cl)cc1[N+](=O)[O-])NN=Cc1ccc(-c2ccccc2[N+](=O)[O-])o1. The van der Waals surface area contributed by atoms with Crippen LogP contribution in [0.1, 0.15) is 5.76 Å². The lowest BCUT2D eigenvalue weighted by Crippen LogP contribution is -2.24. The summed E-state index contributed by atoms with van der Waals surface area (Å²) in [6, 6.07) is 12.9. The van der Waals surface area contributed by atoms with Gasteiger partial charge in [0.25, 0.3) is 11.6 Å². The van der Waals surface area contributed by atoms with Crippen LogP contribution in [0.5, 0.6) is 5.75 Å². The molecule has 1 aromatic heterocycles. The third-order valence-electron chi connectivity index (χ3n) is 3.85. The van der Waals surface area contributed by atoms with E-state index in [0.717, 1.165) is 6.07 Å². The maximum atomic E-state index is 11.8. The first-order valence-electron chi connectivity index (χ1n) is 8.57. The van der Waals surface area contributed by atoms with E-state index in [1.54, 1.807) is 18.2 Å². The number of para-hydroxylation sites is 1. The minimum absolute atomic E-state index is 0.109. The molecule has 31 heavy (non-hydrogen) atoms. The smallest absolute Gasteiger partial charge is 0.312 e. The number of nitro groups is 2. The van der Waals surface area contributed by atoms with Crippen molar-refractivity contribution < 1.29 is 23.8 Å². The number of amides is 1. The largest absolute Gasteiger partial charge is 0.477 e. The summed E-state index contributed by atoms with van der Waals surface area (Å²) in [5.74, 6) is -0.291. The predicted molar refractivity (Wildman–Crippen MR) is 110 cm³/mol. The molecule has 158 valence electrons. The molecule has 0 radical (unpaired) electrons. The van der Waals surface area contributed by atoms with Crippen LogP contribution in [0.3, 0.4) is 0 Å². The number of benzene rings is 2. The lowest BCUT2D eigenvalue weighted by molar-refractivity contribution is -0.385. The predicted octanol–water partition coefficient (Wildman–Crippen LogP) is 3.95. The lowest BCUT2D eigenvalue weighted by Gasteiger charge is -2.05. The number of nitrogens with zero attached hydrogens (tertiary/aromatic N) is 3. The molecule has 3 aromatic rings. The zero-order chi connectivity index (χ0) is 22.4. The van der Waals surface area contributed by atoms with E-state index in [0.29, 0.717) is 5.56 Å². The Kier molecular flexibility index (Phi) is 6.58. The Hall–Kier alpha value is -4.25. The van der Waals surface area contributed by atoms with Gasteiger partial charge in [-0.25, -0.2) is 5.43 Å². The number of rotatable bonds is 8. The maximum absolute atomic E-state index is 11.8. The summed E-state index contributed by atoms with van der Waals surface area (Å²) in [5.41, 5.74) is 2.00. The van der Waals surface area contributed by atoms with Gasteiger partial charge in [-0.05, 0) is 30.3 Å². The first kappa shape index (κ1) is 21.5. The zero-order valence-corrected chi connectivity index (χ0v) is 16.3. The summed E-state index contributed by atoms with van der Waals surface area (Å²) in [6.45, 7) is -0.528. The molecule has 0 spiro atoms. The number of hydrogen-bond donors (Lipinski definition) is 1. The van der Waals surface area contributed by atoms with Gasteiger partial charge in [-0.2, -0.15) is 5.10 Å². The Labute approximate surface area is 179 Å². The van der Waals surface area contributed by atoms with Crippen LogP contribution in [0, 0.1) is 20.2 Å². The van der Waals surface area contributed by atoms with Crippen molar-refractivity contribution in [1.29, 1.82) is 0 Å². The molecule has 0 aliphatic rings. The van der Waals surface area contributed by atoms with E-state index in [1.807, 2.05) is 0 Å². The van der Waals surface area contributed by atoms with Crippen LogP contribution < -0.4 is 10.2 Å². The minimum atomic E-state index is -0.678. The third-order valence-corrected chi connectivity index (χ3v) is 4.09. The van der Waals surface area contributed by atoms with Gasteiger partial charge in [0.05, 0.1) is 21.6 Å². The van der Waals surface area contributed by atoms with Crippen LogP contribution in [0.25, 0.3) is 11.3 Å². The van der Waals surface area contributed by atoms with Gasteiger partial charge in [0.15, 0.2) is 12.4 Å². The normalized spacial score (nSPS) is 10.7. The molecule has 0 bridgehead atoms. The zero-order valence-electron chi connectivity index (χ0n) is 15.6. The Balaban J connectivity index is 1.59.